The zero-order valence-electron chi connectivity index (χ0n) is 16.5. The normalized spacial score (nSPS) is 14.8. The van der Waals surface area contributed by atoms with Crippen LogP contribution in [-0.2, 0) is 29.4 Å². The number of fused-ring (bicyclic) bond motifs is 1. The van der Waals surface area contributed by atoms with Crippen molar-refractivity contribution in [3.05, 3.63) is 70.3 Å². The molecular weight excluding hydrogens is 368 g/mol. The molecule has 0 N–H and O–H groups in total. The molecule has 0 saturated carbocycles. The Kier molecular flexibility index (Phi) is 6.33. The highest BCUT2D eigenvalue weighted by Crippen LogP contribution is 2.30. The predicted octanol–water partition coefficient (Wildman–Crippen LogP) is 4.62. The maximum atomic E-state index is 13.0. The van der Waals surface area contributed by atoms with Crippen molar-refractivity contribution < 1.29 is 8.42 Å². The summed E-state index contributed by atoms with van der Waals surface area (Å²) in [7, 11) is -3.51. The van der Waals surface area contributed by atoms with E-state index in [0.717, 1.165) is 36.0 Å². The second-order valence-corrected chi connectivity index (χ2v) is 9.18. The fourth-order valence-electron chi connectivity index (χ4n) is 3.69. The van der Waals surface area contributed by atoms with E-state index in [4.69, 9.17) is 5.26 Å². The van der Waals surface area contributed by atoms with E-state index in [1.165, 1.54) is 17.2 Å². The monoisotopic (exact) mass is 394 g/mol. The highest BCUT2D eigenvalue weighted by molar-refractivity contribution is 7.89. The molecule has 0 bridgehead atoms. The van der Waals surface area contributed by atoms with Crippen molar-refractivity contribution in [1.82, 2.24) is 4.31 Å². The second kappa shape index (κ2) is 8.72. The average Bonchev–Trinajstić information content (AvgIpc) is 2.70. The van der Waals surface area contributed by atoms with Crippen LogP contribution < -0.4 is 0 Å². The topological polar surface area (TPSA) is 61.2 Å². The molecule has 0 amide bonds. The number of nitriles is 1. The minimum Gasteiger partial charge on any atom is -0.207 e. The summed E-state index contributed by atoms with van der Waals surface area (Å²) in [5.74, 6) is 0. The first-order valence-electron chi connectivity index (χ1n) is 9.74. The summed E-state index contributed by atoms with van der Waals surface area (Å²) in [6, 6.07) is 13.2. The molecule has 0 atom stereocenters. The van der Waals surface area contributed by atoms with Crippen LogP contribution in [0, 0.1) is 18.3 Å². The summed E-state index contributed by atoms with van der Waals surface area (Å²) in [5, 5.41) is 8.97. The van der Waals surface area contributed by atoms with Gasteiger partial charge in [-0.05, 0) is 66.6 Å². The van der Waals surface area contributed by atoms with Gasteiger partial charge in [-0.1, -0.05) is 43.2 Å². The fourth-order valence-corrected chi connectivity index (χ4v) is 5.10. The molecule has 5 heteroatoms. The third-order valence-electron chi connectivity index (χ3n) is 5.29. The molecule has 0 fully saturated rings. The van der Waals surface area contributed by atoms with Gasteiger partial charge in [0, 0.05) is 19.2 Å². The highest BCUT2D eigenvalue weighted by Gasteiger charge is 2.29. The third kappa shape index (κ3) is 4.19. The van der Waals surface area contributed by atoms with Gasteiger partial charge < -0.3 is 0 Å². The molecule has 0 aliphatic carbocycles. The SMILES string of the molecule is CCCCc1ccc2c(c1/C=C/C#N)CCN(S(=O)(=O)c1ccc(C)cc1)C2. The van der Waals surface area contributed by atoms with Crippen LogP contribution in [0.3, 0.4) is 0 Å². The van der Waals surface area contributed by atoms with Gasteiger partial charge >= 0.3 is 0 Å². The Morgan fingerprint density at radius 1 is 1.18 bits per heavy atom. The Bertz CT molecular complexity index is 1020. The molecule has 0 radical (unpaired) electrons. The van der Waals surface area contributed by atoms with Crippen molar-refractivity contribution in [3.8, 4) is 6.07 Å². The Morgan fingerprint density at radius 3 is 2.61 bits per heavy atom. The first-order chi connectivity index (χ1) is 13.5. The molecular formula is C23H26N2O2S. The molecule has 0 saturated heterocycles. The number of hydrogen-bond donors (Lipinski definition) is 0. The minimum absolute atomic E-state index is 0.339. The van der Waals surface area contributed by atoms with E-state index in [1.807, 2.05) is 25.1 Å². The lowest BCUT2D eigenvalue weighted by molar-refractivity contribution is 0.391. The van der Waals surface area contributed by atoms with Gasteiger partial charge in [-0.25, -0.2) is 8.42 Å². The minimum atomic E-state index is -3.51. The summed E-state index contributed by atoms with van der Waals surface area (Å²) >= 11 is 0. The summed E-state index contributed by atoms with van der Waals surface area (Å²) in [4.78, 5) is 0.339. The highest BCUT2D eigenvalue weighted by atomic mass is 32.2. The van der Waals surface area contributed by atoms with Gasteiger partial charge in [-0.2, -0.15) is 9.57 Å². The van der Waals surface area contributed by atoms with Gasteiger partial charge in [0.25, 0.3) is 0 Å². The smallest absolute Gasteiger partial charge is 0.207 e. The van der Waals surface area contributed by atoms with Crippen LogP contribution in [-0.4, -0.2) is 19.3 Å². The molecule has 1 aliphatic rings. The molecule has 2 aromatic rings. The molecule has 0 unspecified atom stereocenters. The standard InChI is InChI=1S/C23H26N2O2S/c1-3-4-6-19-10-11-20-17-25(16-14-23(20)22(19)7-5-15-24)28(26,27)21-12-8-18(2)9-13-21/h5,7-13H,3-4,6,14,16-17H2,1-2H3/b7-5+. The zero-order valence-corrected chi connectivity index (χ0v) is 17.3. The summed E-state index contributed by atoms with van der Waals surface area (Å²) < 4.78 is 27.6. The maximum Gasteiger partial charge on any atom is 0.243 e. The number of unbranched alkanes of at least 4 members (excludes halogenated alkanes) is 1. The summed E-state index contributed by atoms with van der Waals surface area (Å²) in [5.41, 5.74) is 5.58. The fraction of sp³-hybridized carbons (Fsp3) is 0.348. The molecule has 146 valence electrons. The van der Waals surface area contributed by atoms with E-state index in [1.54, 1.807) is 16.4 Å². The van der Waals surface area contributed by atoms with E-state index in [9.17, 15) is 8.42 Å². The molecule has 0 aromatic heterocycles. The van der Waals surface area contributed by atoms with Gasteiger partial charge in [-0.3, -0.25) is 0 Å². The van der Waals surface area contributed by atoms with E-state index in [-0.39, 0.29) is 0 Å². The molecule has 0 spiro atoms. The van der Waals surface area contributed by atoms with Crippen LogP contribution in [0.25, 0.3) is 6.08 Å². The number of nitrogens with zero attached hydrogens (tertiary/aromatic N) is 2. The first-order valence-corrected chi connectivity index (χ1v) is 11.2. The van der Waals surface area contributed by atoms with E-state index in [2.05, 4.69) is 25.1 Å². The van der Waals surface area contributed by atoms with Crippen LogP contribution in [0.5, 0.6) is 0 Å². The largest absolute Gasteiger partial charge is 0.243 e. The van der Waals surface area contributed by atoms with Gasteiger partial charge in [-0.15, -0.1) is 0 Å². The number of benzene rings is 2. The van der Waals surface area contributed by atoms with Crippen LogP contribution in [0.1, 0.15) is 47.6 Å². The van der Waals surface area contributed by atoms with E-state index < -0.39 is 10.0 Å². The van der Waals surface area contributed by atoms with Crippen molar-refractivity contribution >= 4 is 16.1 Å². The second-order valence-electron chi connectivity index (χ2n) is 7.24. The predicted molar refractivity (Wildman–Crippen MR) is 112 cm³/mol. The van der Waals surface area contributed by atoms with Gasteiger partial charge in [0.15, 0.2) is 0 Å². The van der Waals surface area contributed by atoms with Crippen molar-refractivity contribution in [2.75, 3.05) is 6.54 Å². The summed E-state index contributed by atoms with van der Waals surface area (Å²) in [6.07, 6.45) is 7.24. The molecule has 1 heterocycles. The molecule has 1 aliphatic heterocycles. The maximum absolute atomic E-state index is 13.0. The average molecular weight is 395 g/mol. The number of hydrogen-bond acceptors (Lipinski definition) is 3. The Hall–Kier alpha value is -2.42. The lowest BCUT2D eigenvalue weighted by Gasteiger charge is -2.30. The number of rotatable bonds is 6. The van der Waals surface area contributed by atoms with E-state index >= 15 is 0 Å². The quantitative estimate of drug-likeness (QED) is 0.672. The first kappa shape index (κ1) is 20.3. The van der Waals surface area contributed by atoms with E-state index in [0.29, 0.717) is 24.4 Å². The number of aryl methyl sites for hydroxylation is 2. The van der Waals surface area contributed by atoms with Crippen molar-refractivity contribution in [1.29, 1.82) is 5.26 Å². The molecule has 28 heavy (non-hydrogen) atoms. The van der Waals surface area contributed by atoms with Gasteiger partial charge in [0.2, 0.25) is 10.0 Å². The Morgan fingerprint density at radius 2 is 1.93 bits per heavy atom. The molecule has 2 aromatic carbocycles. The molecule has 3 rings (SSSR count). The Labute approximate surface area is 168 Å². The van der Waals surface area contributed by atoms with Crippen LogP contribution >= 0.6 is 0 Å². The van der Waals surface area contributed by atoms with Crippen molar-refractivity contribution in [2.45, 2.75) is 51.0 Å². The lowest BCUT2D eigenvalue weighted by Crippen LogP contribution is -2.36. The Balaban J connectivity index is 1.94. The number of sulfonamides is 1. The van der Waals surface area contributed by atoms with Gasteiger partial charge in [0.1, 0.15) is 0 Å². The zero-order chi connectivity index (χ0) is 20.1. The third-order valence-corrected chi connectivity index (χ3v) is 7.14. The van der Waals surface area contributed by atoms with Crippen molar-refractivity contribution in [3.63, 3.8) is 0 Å². The molecule has 4 nitrogen and oxygen atoms in total. The van der Waals surface area contributed by atoms with Crippen molar-refractivity contribution in [2.24, 2.45) is 0 Å². The summed E-state index contributed by atoms with van der Waals surface area (Å²) in [6.45, 7) is 4.93. The van der Waals surface area contributed by atoms with Crippen LogP contribution in [0.4, 0.5) is 0 Å². The van der Waals surface area contributed by atoms with Crippen LogP contribution in [0.2, 0.25) is 0 Å². The lowest BCUT2D eigenvalue weighted by atomic mass is 9.89. The number of allylic oxidation sites excluding steroid dienone is 1. The van der Waals surface area contributed by atoms with Gasteiger partial charge in [0.05, 0.1) is 11.0 Å². The van der Waals surface area contributed by atoms with Crippen LogP contribution in [0.15, 0.2) is 47.4 Å².